The smallest absolute Gasteiger partial charge is 0.314 e. The lowest BCUT2D eigenvalue weighted by Crippen LogP contribution is -2.06. The molecule has 0 fully saturated rings. The predicted octanol–water partition coefficient (Wildman–Crippen LogP) is 1.47. The zero-order valence-corrected chi connectivity index (χ0v) is 11.6. The zero-order valence-electron chi connectivity index (χ0n) is 11.6. The van der Waals surface area contributed by atoms with E-state index >= 15 is 0 Å². The van der Waals surface area contributed by atoms with Crippen LogP contribution in [0.3, 0.4) is 0 Å². The number of aromatic nitrogens is 2. The van der Waals surface area contributed by atoms with Crippen LogP contribution in [0.4, 0.5) is 5.69 Å². The number of aliphatic hydroxyl groups excluding tert-OH is 1. The third kappa shape index (κ3) is 2.95. The van der Waals surface area contributed by atoms with Crippen molar-refractivity contribution >= 4 is 5.69 Å². The van der Waals surface area contributed by atoms with Crippen LogP contribution >= 0.6 is 0 Å². The summed E-state index contributed by atoms with van der Waals surface area (Å²) in [7, 11) is 3.00. The highest BCUT2D eigenvalue weighted by molar-refractivity contribution is 5.72. The quantitative estimate of drug-likeness (QED) is 0.639. The first-order valence-corrected chi connectivity index (χ1v) is 6.15. The fourth-order valence-electron chi connectivity index (χ4n) is 2.01. The molecule has 1 N–H and O–H groups in total. The van der Waals surface area contributed by atoms with E-state index in [0.29, 0.717) is 22.8 Å². The van der Waals surface area contributed by atoms with Gasteiger partial charge < -0.3 is 14.6 Å². The van der Waals surface area contributed by atoms with Gasteiger partial charge in [-0.15, -0.1) is 0 Å². The molecule has 8 nitrogen and oxygen atoms in total. The van der Waals surface area contributed by atoms with E-state index in [-0.39, 0.29) is 18.8 Å². The molecule has 0 saturated heterocycles. The molecule has 112 valence electrons. The summed E-state index contributed by atoms with van der Waals surface area (Å²) in [5.41, 5.74) is 0.689. The summed E-state index contributed by atoms with van der Waals surface area (Å²) in [6.07, 6.45) is 1.16. The number of ether oxygens (including phenoxy) is 2. The first-order valence-electron chi connectivity index (χ1n) is 6.15. The molecule has 0 amide bonds. The monoisotopic (exact) mass is 293 g/mol. The van der Waals surface area contributed by atoms with E-state index in [1.165, 1.54) is 18.9 Å². The molecular weight excluding hydrogens is 278 g/mol. The molecular formula is C13H15N3O5. The maximum absolute atomic E-state index is 11.1. The Labute approximate surface area is 120 Å². The predicted molar refractivity (Wildman–Crippen MR) is 74.5 cm³/mol. The highest BCUT2D eigenvalue weighted by Gasteiger charge is 2.23. The fourth-order valence-corrected chi connectivity index (χ4v) is 2.01. The second-order valence-electron chi connectivity index (χ2n) is 4.18. The lowest BCUT2D eigenvalue weighted by molar-refractivity contribution is -0.384. The molecule has 0 bridgehead atoms. The SMILES string of the molecule is COc1cc(OC)cc(-c2c([N+](=O)[O-])cnn2CCO)c1. The van der Waals surface area contributed by atoms with Crippen molar-refractivity contribution in [3.8, 4) is 22.8 Å². The molecule has 2 rings (SSSR count). The summed E-state index contributed by atoms with van der Waals surface area (Å²) in [5, 5.41) is 24.2. The molecule has 0 unspecified atom stereocenters. The first kappa shape index (κ1) is 14.8. The highest BCUT2D eigenvalue weighted by Crippen LogP contribution is 2.34. The van der Waals surface area contributed by atoms with Crippen molar-refractivity contribution in [3.05, 3.63) is 34.5 Å². The maximum atomic E-state index is 11.1. The number of nitrogens with zero attached hydrogens (tertiary/aromatic N) is 3. The number of aliphatic hydroxyl groups is 1. The van der Waals surface area contributed by atoms with E-state index in [4.69, 9.17) is 14.6 Å². The number of hydrogen-bond donors (Lipinski definition) is 1. The fraction of sp³-hybridized carbons (Fsp3) is 0.308. The van der Waals surface area contributed by atoms with Gasteiger partial charge in [0.25, 0.3) is 0 Å². The van der Waals surface area contributed by atoms with E-state index < -0.39 is 4.92 Å². The van der Waals surface area contributed by atoms with Crippen LogP contribution in [0.1, 0.15) is 0 Å². The average Bonchev–Trinajstić information content (AvgIpc) is 2.91. The molecule has 0 radical (unpaired) electrons. The number of nitro groups is 1. The van der Waals surface area contributed by atoms with Gasteiger partial charge in [-0.25, -0.2) is 0 Å². The van der Waals surface area contributed by atoms with Crippen LogP contribution in [-0.2, 0) is 6.54 Å². The first-order chi connectivity index (χ1) is 10.1. The standard InChI is InChI=1S/C13H15N3O5/c1-20-10-5-9(6-11(7-10)21-2)13-12(16(18)19)8-14-15(13)3-4-17/h5-8,17H,3-4H2,1-2H3. The van der Waals surface area contributed by atoms with Crippen molar-refractivity contribution in [2.24, 2.45) is 0 Å². The third-order valence-electron chi connectivity index (χ3n) is 2.95. The van der Waals surface area contributed by atoms with Crippen molar-refractivity contribution in [3.63, 3.8) is 0 Å². The summed E-state index contributed by atoms with van der Waals surface area (Å²) in [6.45, 7) is -0.0182. The molecule has 1 aromatic carbocycles. The summed E-state index contributed by atoms with van der Waals surface area (Å²) < 4.78 is 11.7. The molecule has 1 heterocycles. The molecule has 0 spiro atoms. The Morgan fingerprint density at radius 1 is 1.29 bits per heavy atom. The van der Waals surface area contributed by atoms with Crippen molar-refractivity contribution in [2.75, 3.05) is 20.8 Å². The largest absolute Gasteiger partial charge is 0.497 e. The molecule has 0 atom stereocenters. The number of benzene rings is 1. The van der Waals surface area contributed by atoms with Crippen LogP contribution in [0, 0.1) is 10.1 Å². The van der Waals surface area contributed by atoms with E-state index in [0.717, 1.165) is 6.20 Å². The van der Waals surface area contributed by atoms with Crippen molar-refractivity contribution in [1.29, 1.82) is 0 Å². The Balaban J connectivity index is 2.63. The number of hydrogen-bond acceptors (Lipinski definition) is 6. The van der Waals surface area contributed by atoms with Gasteiger partial charge in [-0.3, -0.25) is 14.8 Å². The molecule has 0 aliphatic carbocycles. The van der Waals surface area contributed by atoms with Crippen LogP contribution in [0.15, 0.2) is 24.4 Å². The van der Waals surface area contributed by atoms with Gasteiger partial charge >= 0.3 is 5.69 Å². The minimum atomic E-state index is -0.512. The van der Waals surface area contributed by atoms with Gasteiger partial charge in [0.05, 0.1) is 32.3 Å². The highest BCUT2D eigenvalue weighted by atomic mass is 16.6. The summed E-state index contributed by atoms with van der Waals surface area (Å²) in [5.74, 6) is 1.02. The van der Waals surface area contributed by atoms with E-state index in [1.807, 2.05) is 0 Å². The Bertz CT molecular complexity index is 631. The van der Waals surface area contributed by atoms with Gasteiger partial charge in [-0.1, -0.05) is 0 Å². The van der Waals surface area contributed by atoms with Crippen molar-refractivity contribution in [2.45, 2.75) is 6.54 Å². The van der Waals surface area contributed by atoms with Gasteiger partial charge in [0.1, 0.15) is 23.4 Å². The zero-order chi connectivity index (χ0) is 15.4. The number of methoxy groups -OCH3 is 2. The molecule has 21 heavy (non-hydrogen) atoms. The van der Waals surface area contributed by atoms with Gasteiger partial charge in [-0.05, 0) is 12.1 Å². The Morgan fingerprint density at radius 3 is 2.38 bits per heavy atom. The van der Waals surface area contributed by atoms with Crippen LogP contribution in [-0.4, -0.2) is 40.6 Å². The van der Waals surface area contributed by atoms with E-state index in [9.17, 15) is 10.1 Å². The molecule has 0 aliphatic rings. The van der Waals surface area contributed by atoms with Crippen molar-refractivity contribution in [1.82, 2.24) is 9.78 Å². The maximum Gasteiger partial charge on any atom is 0.314 e. The second kappa shape index (κ2) is 6.23. The normalized spacial score (nSPS) is 10.4. The minimum Gasteiger partial charge on any atom is -0.497 e. The van der Waals surface area contributed by atoms with Gasteiger partial charge in [-0.2, -0.15) is 5.10 Å². The average molecular weight is 293 g/mol. The van der Waals surface area contributed by atoms with Crippen LogP contribution in [0.5, 0.6) is 11.5 Å². The Kier molecular flexibility index (Phi) is 4.39. The topological polar surface area (TPSA) is 99.6 Å². The van der Waals surface area contributed by atoms with Crippen molar-refractivity contribution < 1.29 is 19.5 Å². The van der Waals surface area contributed by atoms with Crippen LogP contribution in [0.25, 0.3) is 11.3 Å². The van der Waals surface area contributed by atoms with E-state index in [1.54, 1.807) is 18.2 Å². The lowest BCUT2D eigenvalue weighted by atomic mass is 10.1. The lowest BCUT2D eigenvalue weighted by Gasteiger charge is -2.10. The molecule has 2 aromatic rings. The molecule has 8 heteroatoms. The van der Waals surface area contributed by atoms with Gasteiger partial charge in [0.15, 0.2) is 0 Å². The number of rotatable bonds is 6. The van der Waals surface area contributed by atoms with E-state index in [2.05, 4.69) is 5.10 Å². The van der Waals surface area contributed by atoms with Gasteiger partial charge in [0.2, 0.25) is 0 Å². The summed E-state index contributed by atoms with van der Waals surface area (Å²) >= 11 is 0. The Morgan fingerprint density at radius 2 is 1.90 bits per heavy atom. The van der Waals surface area contributed by atoms with Crippen LogP contribution < -0.4 is 9.47 Å². The Hall–Kier alpha value is -2.61. The molecule has 0 saturated carbocycles. The van der Waals surface area contributed by atoms with Gasteiger partial charge in [0, 0.05) is 11.6 Å². The molecule has 0 aliphatic heterocycles. The second-order valence-corrected chi connectivity index (χ2v) is 4.18. The minimum absolute atomic E-state index is 0.140. The third-order valence-corrected chi connectivity index (χ3v) is 2.95. The summed E-state index contributed by atoms with van der Waals surface area (Å²) in [4.78, 5) is 10.6. The molecule has 1 aromatic heterocycles. The van der Waals surface area contributed by atoms with Crippen LogP contribution in [0.2, 0.25) is 0 Å². The summed E-state index contributed by atoms with van der Waals surface area (Å²) in [6, 6.07) is 4.98.